The van der Waals surface area contributed by atoms with E-state index in [4.69, 9.17) is 0 Å². The standard InChI is InChI=1S/C14H15OP/c1-12-7-5-6-10-14(12)16(15)11-13-8-3-2-4-9-13/h2-10,16H,11H2,1H3. The van der Waals surface area contributed by atoms with E-state index in [0.717, 1.165) is 16.4 Å². The minimum atomic E-state index is -1.70. The third kappa shape index (κ3) is 2.62. The molecule has 0 amide bonds. The van der Waals surface area contributed by atoms with Crippen molar-refractivity contribution in [3.05, 3.63) is 65.7 Å². The molecule has 2 aromatic rings. The van der Waals surface area contributed by atoms with Crippen molar-refractivity contribution < 1.29 is 4.57 Å². The van der Waals surface area contributed by atoms with E-state index in [9.17, 15) is 4.57 Å². The van der Waals surface area contributed by atoms with Crippen LogP contribution in [0.1, 0.15) is 11.1 Å². The molecule has 0 N–H and O–H groups in total. The van der Waals surface area contributed by atoms with Gasteiger partial charge >= 0.3 is 0 Å². The number of hydrogen-bond acceptors (Lipinski definition) is 1. The second kappa shape index (κ2) is 5.14. The van der Waals surface area contributed by atoms with Crippen LogP contribution >= 0.6 is 7.80 Å². The molecule has 2 heteroatoms. The zero-order valence-corrected chi connectivity index (χ0v) is 10.3. The minimum absolute atomic E-state index is 0.663. The first-order valence-electron chi connectivity index (χ1n) is 5.40. The largest absolute Gasteiger partial charge is 0.322 e. The molecule has 0 heterocycles. The van der Waals surface area contributed by atoms with Gasteiger partial charge in [-0.1, -0.05) is 54.6 Å². The van der Waals surface area contributed by atoms with Crippen molar-refractivity contribution in [1.29, 1.82) is 0 Å². The van der Waals surface area contributed by atoms with Gasteiger partial charge in [-0.05, 0) is 18.1 Å². The summed E-state index contributed by atoms with van der Waals surface area (Å²) >= 11 is 0. The molecule has 0 aliphatic heterocycles. The SMILES string of the molecule is Cc1ccccc1[PH](=O)Cc1ccccc1. The van der Waals surface area contributed by atoms with E-state index < -0.39 is 7.80 Å². The topological polar surface area (TPSA) is 17.1 Å². The van der Waals surface area contributed by atoms with Crippen LogP contribution in [-0.2, 0) is 10.7 Å². The van der Waals surface area contributed by atoms with Gasteiger partial charge in [-0.15, -0.1) is 0 Å². The fourth-order valence-corrected chi connectivity index (χ4v) is 3.36. The van der Waals surface area contributed by atoms with Crippen molar-refractivity contribution >= 4 is 13.1 Å². The molecule has 2 aromatic carbocycles. The average molecular weight is 230 g/mol. The highest BCUT2D eigenvalue weighted by atomic mass is 31.1. The molecule has 0 fully saturated rings. The highest BCUT2D eigenvalue weighted by Crippen LogP contribution is 2.27. The Kier molecular flexibility index (Phi) is 3.58. The van der Waals surface area contributed by atoms with Crippen molar-refractivity contribution in [1.82, 2.24) is 0 Å². The summed E-state index contributed by atoms with van der Waals surface area (Å²) in [7, 11) is -1.70. The summed E-state index contributed by atoms with van der Waals surface area (Å²) in [5, 5.41) is 1.01. The lowest BCUT2D eigenvalue weighted by atomic mass is 10.2. The second-order valence-electron chi connectivity index (χ2n) is 3.90. The predicted molar refractivity (Wildman–Crippen MR) is 70.0 cm³/mol. The maximum Gasteiger partial charge on any atom is 0.108 e. The maximum absolute atomic E-state index is 12.2. The van der Waals surface area contributed by atoms with E-state index in [2.05, 4.69) is 0 Å². The summed E-state index contributed by atoms with van der Waals surface area (Å²) in [5.41, 5.74) is 2.27. The Bertz CT molecular complexity index is 491. The third-order valence-electron chi connectivity index (χ3n) is 2.65. The van der Waals surface area contributed by atoms with E-state index in [0.29, 0.717) is 6.16 Å². The Hall–Kier alpha value is -1.33. The number of aryl methyl sites for hydroxylation is 1. The first kappa shape index (κ1) is 11.2. The summed E-state index contributed by atoms with van der Waals surface area (Å²) in [5.74, 6) is 0. The molecule has 0 spiro atoms. The van der Waals surface area contributed by atoms with Gasteiger partial charge in [-0.25, -0.2) is 0 Å². The van der Waals surface area contributed by atoms with Gasteiger partial charge in [0.25, 0.3) is 0 Å². The molecular weight excluding hydrogens is 215 g/mol. The molecule has 1 atom stereocenters. The van der Waals surface area contributed by atoms with Crippen molar-refractivity contribution in [2.24, 2.45) is 0 Å². The zero-order chi connectivity index (χ0) is 11.4. The molecule has 16 heavy (non-hydrogen) atoms. The lowest BCUT2D eigenvalue weighted by Crippen LogP contribution is -2.01. The van der Waals surface area contributed by atoms with E-state index in [1.807, 2.05) is 61.5 Å². The number of hydrogen-bond donors (Lipinski definition) is 0. The van der Waals surface area contributed by atoms with Crippen molar-refractivity contribution in [2.75, 3.05) is 0 Å². The van der Waals surface area contributed by atoms with Crippen LogP contribution in [0.2, 0.25) is 0 Å². The molecule has 1 nitrogen and oxygen atoms in total. The Labute approximate surface area is 96.9 Å². The van der Waals surface area contributed by atoms with Crippen LogP contribution in [0, 0.1) is 6.92 Å². The van der Waals surface area contributed by atoms with Crippen molar-refractivity contribution in [3.63, 3.8) is 0 Å². The van der Waals surface area contributed by atoms with E-state index >= 15 is 0 Å². The first-order chi connectivity index (χ1) is 7.77. The van der Waals surface area contributed by atoms with Crippen molar-refractivity contribution in [3.8, 4) is 0 Å². The number of rotatable bonds is 3. The Morgan fingerprint density at radius 3 is 2.25 bits per heavy atom. The molecule has 0 bridgehead atoms. The van der Waals surface area contributed by atoms with Gasteiger partial charge in [0.05, 0.1) is 0 Å². The maximum atomic E-state index is 12.2. The third-order valence-corrected chi connectivity index (χ3v) is 4.54. The minimum Gasteiger partial charge on any atom is -0.322 e. The molecule has 82 valence electrons. The Balaban J connectivity index is 2.19. The van der Waals surface area contributed by atoms with E-state index in [-0.39, 0.29) is 0 Å². The molecule has 1 unspecified atom stereocenters. The highest BCUT2D eigenvalue weighted by Gasteiger charge is 2.06. The summed E-state index contributed by atoms with van der Waals surface area (Å²) in [6.07, 6.45) is 0.663. The van der Waals surface area contributed by atoms with Gasteiger partial charge in [0.1, 0.15) is 7.80 Å². The quantitative estimate of drug-likeness (QED) is 0.739. The van der Waals surface area contributed by atoms with Gasteiger partial charge in [0, 0.05) is 11.5 Å². The summed E-state index contributed by atoms with van der Waals surface area (Å²) in [4.78, 5) is 0. The smallest absolute Gasteiger partial charge is 0.108 e. The molecule has 2 rings (SSSR count). The Morgan fingerprint density at radius 1 is 0.938 bits per heavy atom. The van der Waals surface area contributed by atoms with Gasteiger partial charge in [-0.2, -0.15) is 0 Å². The van der Waals surface area contributed by atoms with Gasteiger partial charge in [-0.3, -0.25) is 0 Å². The molecule has 0 saturated heterocycles. The van der Waals surface area contributed by atoms with Crippen LogP contribution in [-0.4, -0.2) is 0 Å². The predicted octanol–water partition coefficient (Wildman–Crippen LogP) is 3.38. The number of benzene rings is 2. The van der Waals surface area contributed by atoms with Gasteiger partial charge in [0.2, 0.25) is 0 Å². The molecule has 0 aromatic heterocycles. The molecule has 0 aliphatic rings. The normalized spacial score (nSPS) is 12.3. The Morgan fingerprint density at radius 2 is 1.56 bits per heavy atom. The zero-order valence-electron chi connectivity index (χ0n) is 9.31. The molecule has 0 aliphatic carbocycles. The van der Waals surface area contributed by atoms with Crippen LogP contribution in [0.3, 0.4) is 0 Å². The molecular formula is C14H15OP. The van der Waals surface area contributed by atoms with Crippen LogP contribution in [0.15, 0.2) is 54.6 Å². The van der Waals surface area contributed by atoms with Crippen LogP contribution in [0.25, 0.3) is 0 Å². The van der Waals surface area contributed by atoms with Gasteiger partial charge in [0.15, 0.2) is 0 Å². The fraction of sp³-hybridized carbons (Fsp3) is 0.143. The van der Waals surface area contributed by atoms with E-state index in [1.54, 1.807) is 0 Å². The lowest BCUT2D eigenvalue weighted by Gasteiger charge is -2.05. The highest BCUT2D eigenvalue weighted by molar-refractivity contribution is 7.52. The fourth-order valence-electron chi connectivity index (χ4n) is 1.76. The summed E-state index contributed by atoms with van der Waals surface area (Å²) in [6.45, 7) is 2.02. The second-order valence-corrected chi connectivity index (χ2v) is 5.64. The average Bonchev–Trinajstić information content (AvgIpc) is 2.31. The van der Waals surface area contributed by atoms with Crippen LogP contribution < -0.4 is 5.30 Å². The van der Waals surface area contributed by atoms with Crippen molar-refractivity contribution in [2.45, 2.75) is 13.1 Å². The summed E-state index contributed by atoms with van der Waals surface area (Å²) < 4.78 is 12.2. The monoisotopic (exact) mass is 230 g/mol. The van der Waals surface area contributed by atoms with Crippen LogP contribution in [0.5, 0.6) is 0 Å². The molecule has 0 radical (unpaired) electrons. The summed E-state index contributed by atoms with van der Waals surface area (Å²) in [6, 6.07) is 17.9. The molecule has 0 saturated carbocycles. The lowest BCUT2D eigenvalue weighted by molar-refractivity contribution is 0.592. The van der Waals surface area contributed by atoms with E-state index in [1.165, 1.54) is 0 Å². The van der Waals surface area contributed by atoms with Crippen LogP contribution in [0.4, 0.5) is 0 Å². The first-order valence-corrected chi connectivity index (χ1v) is 7.01. The van der Waals surface area contributed by atoms with Gasteiger partial charge < -0.3 is 4.57 Å².